The molecular formula is C17H13N3O. The van der Waals surface area contributed by atoms with E-state index in [0.29, 0.717) is 0 Å². The maximum absolute atomic E-state index is 5.40. The van der Waals surface area contributed by atoms with Crippen molar-refractivity contribution in [1.82, 2.24) is 14.4 Å². The van der Waals surface area contributed by atoms with Crippen LogP contribution in [0.15, 0.2) is 65.5 Å². The summed E-state index contributed by atoms with van der Waals surface area (Å²) in [7, 11) is 0. The molecule has 0 unspecified atom stereocenters. The molecule has 4 rings (SSSR count). The highest BCUT2D eigenvalue weighted by Gasteiger charge is 2.06. The second-order valence-electron chi connectivity index (χ2n) is 4.96. The van der Waals surface area contributed by atoms with Crippen LogP contribution in [-0.4, -0.2) is 14.4 Å². The van der Waals surface area contributed by atoms with E-state index < -0.39 is 0 Å². The number of nitrogens with zero attached hydrogens (tertiary/aromatic N) is 3. The zero-order valence-corrected chi connectivity index (χ0v) is 11.5. The molecule has 0 aliphatic carbocycles. The highest BCUT2D eigenvalue weighted by atomic mass is 16.3. The van der Waals surface area contributed by atoms with Crippen LogP contribution in [0.1, 0.15) is 5.69 Å². The van der Waals surface area contributed by atoms with Crippen molar-refractivity contribution in [3.05, 3.63) is 66.8 Å². The molecule has 0 saturated carbocycles. The predicted octanol–water partition coefficient (Wildman–Crippen LogP) is 3.96. The minimum atomic E-state index is 0.722. The minimum Gasteiger partial charge on any atom is -0.464 e. The molecule has 0 bridgehead atoms. The molecule has 4 heteroatoms. The number of furan rings is 1. The Labute approximate surface area is 121 Å². The van der Waals surface area contributed by atoms with Crippen molar-refractivity contribution in [2.24, 2.45) is 0 Å². The summed E-state index contributed by atoms with van der Waals surface area (Å²) in [5.74, 6) is 1.59. The molecule has 4 aromatic rings. The molecule has 3 aromatic heterocycles. The molecule has 21 heavy (non-hydrogen) atoms. The van der Waals surface area contributed by atoms with E-state index in [4.69, 9.17) is 4.42 Å². The van der Waals surface area contributed by atoms with Crippen molar-refractivity contribution in [2.45, 2.75) is 6.92 Å². The van der Waals surface area contributed by atoms with Gasteiger partial charge in [-0.25, -0.2) is 9.97 Å². The third-order valence-corrected chi connectivity index (χ3v) is 3.45. The monoisotopic (exact) mass is 275 g/mol. The van der Waals surface area contributed by atoms with Crippen LogP contribution in [0.2, 0.25) is 0 Å². The first-order valence-electron chi connectivity index (χ1n) is 6.76. The van der Waals surface area contributed by atoms with Gasteiger partial charge >= 0.3 is 0 Å². The number of hydrogen-bond donors (Lipinski definition) is 0. The number of aryl methyl sites for hydroxylation is 1. The first-order valence-corrected chi connectivity index (χ1v) is 6.76. The van der Waals surface area contributed by atoms with Crippen molar-refractivity contribution in [3.8, 4) is 22.6 Å². The van der Waals surface area contributed by atoms with Gasteiger partial charge in [-0.2, -0.15) is 0 Å². The van der Waals surface area contributed by atoms with Gasteiger partial charge in [0.2, 0.25) is 5.78 Å². The summed E-state index contributed by atoms with van der Waals surface area (Å²) in [6, 6.07) is 14.0. The second-order valence-corrected chi connectivity index (χ2v) is 4.96. The van der Waals surface area contributed by atoms with Crippen LogP contribution in [0.5, 0.6) is 0 Å². The number of benzene rings is 1. The fourth-order valence-corrected chi connectivity index (χ4v) is 2.35. The van der Waals surface area contributed by atoms with E-state index in [9.17, 15) is 0 Å². The Morgan fingerprint density at radius 3 is 2.52 bits per heavy atom. The summed E-state index contributed by atoms with van der Waals surface area (Å²) in [5, 5.41) is 0. The van der Waals surface area contributed by atoms with Gasteiger partial charge < -0.3 is 4.42 Å². The lowest BCUT2D eigenvalue weighted by molar-refractivity contribution is 0.582. The molecule has 0 fully saturated rings. The van der Waals surface area contributed by atoms with Crippen molar-refractivity contribution < 1.29 is 4.42 Å². The summed E-state index contributed by atoms with van der Waals surface area (Å²) >= 11 is 0. The highest BCUT2D eigenvalue weighted by molar-refractivity contribution is 5.66. The van der Waals surface area contributed by atoms with Crippen molar-refractivity contribution >= 4 is 5.78 Å². The van der Waals surface area contributed by atoms with Gasteiger partial charge in [0.25, 0.3) is 0 Å². The van der Waals surface area contributed by atoms with Crippen LogP contribution in [0.25, 0.3) is 28.4 Å². The molecule has 0 spiro atoms. The molecule has 0 saturated heterocycles. The van der Waals surface area contributed by atoms with Gasteiger partial charge in [0.15, 0.2) is 0 Å². The molecule has 1 aromatic carbocycles. The van der Waals surface area contributed by atoms with Crippen LogP contribution in [0, 0.1) is 6.92 Å². The minimum absolute atomic E-state index is 0.722. The van der Waals surface area contributed by atoms with E-state index in [-0.39, 0.29) is 0 Å². The fourth-order valence-electron chi connectivity index (χ4n) is 2.35. The first-order chi connectivity index (χ1) is 10.3. The summed E-state index contributed by atoms with van der Waals surface area (Å²) in [5.41, 5.74) is 4.00. The summed E-state index contributed by atoms with van der Waals surface area (Å²) < 4.78 is 7.33. The SMILES string of the molecule is Cc1ccn2cc(-c3ccc(-c4ccco4)cc3)nc2n1. The van der Waals surface area contributed by atoms with E-state index in [2.05, 4.69) is 9.97 Å². The molecule has 4 nitrogen and oxygen atoms in total. The van der Waals surface area contributed by atoms with Gasteiger partial charge in [0, 0.05) is 29.2 Å². The van der Waals surface area contributed by atoms with E-state index >= 15 is 0 Å². The largest absolute Gasteiger partial charge is 0.464 e. The Morgan fingerprint density at radius 1 is 0.952 bits per heavy atom. The quantitative estimate of drug-likeness (QED) is 0.556. The van der Waals surface area contributed by atoms with Crippen LogP contribution >= 0.6 is 0 Å². The smallest absolute Gasteiger partial charge is 0.234 e. The standard InChI is InChI=1S/C17H13N3O/c1-12-8-9-20-11-15(19-17(20)18-12)13-4-6-14(7-5-13)16-3-2-10-21-16/h2-11H,1H3. The lowest BCUT2D eigenvalue weighted by Crippen LogP contribution is -1.88. The molecule has 0 amide bonds. The van der Waals surface area contributed by atoms with Gasteiger partial charge in [0.05, 0.1) is 12.0 Å². The molecule has 0 aliphatic heterocycles. The fraction of sp³-hybridized carbons (Fsp3) is 0.0588. The van der Waals surface area contributed by atoms with Crippen molar-refractivity contribution in [3.63, 3.8) is 0 Å². The second kappa shape index (κ2) is 4.59. The number of aromatic nitrogens is 3. The van der Waals surface area contributed by atoms with E-state index in [1.807, 2.05) is 66.2 Å². The predicted molar refractivity (Wildman–Crippen MR) is 80.9 cm³/mol. The lowest BCUT2D eigenvalue weighted by atomic mass is 10.1. The van der Waals surface area contributed by atoms with Crippen LogP contribution in [0.4, 0.5) is 0 Å². The average Bonchev–Trinajstić information content (AvgIpc) is 3.16. The Hall–Kier alpha value is -2.88. The Balaban J connectivity index is 1.74. The van der Waals surface area contributed by atoms with Gasteiger partial charge in [-0.3, -0.25) is 4.40 Å². The normalized spacial score (nSPS) is 11.1. The third kappa shape index (κ3) is 2.10. The molecule has 3 heterocycles. The van der Waals surface area contributed by atoms with E-state index in [0.717, 1.165) is 34.1 Å². The third-order valence-electron chi connectivity index (χ3n) is 3.45. The Bertz CT molecular complexity index is 890. The molecular weight excluding hydrogens is 262 g/mol. The number of fused-ring (bicyclic) bond motifs is 1. The average molecular weight is 275 g/mol. The molecule has 0 radical (unpaired) electrons. The first kappa shape index (κ1) is 11.9. The molecule has 0 atom stereocenters. The van der Waals surface area contributed by atoms with Crippen LogP contribution in [0.3, 0.4) is 0 Å². The summed E-state index contributed by atoms with van der Waals surface area (Å²) in [6.45, 7) is 1.96. The van der Waals surface area contributed by atoms with Gasteiger partial charge in [-0.15, -0.1) is 0 Å². The van der Waals surface area contributed by atoms with Crippen LogP contribution < -0.4 is 0 Å². The maximum Gasteiger partial charge on any atom is 0.234 e. The van der Waals surface area contributed by atoms with Crippen molar-refractivity contribution in [2.75, 3.05) is 0 Å². The zero-order chi connectivity index (χ0) is 14.2. The van der Waals surface area contributed by atoms with Gasteiger partial charge in [-0.1, -0.05) is 24.3 Å². The Kier molecular flexibility index (Phi) is 2.60. The van der Waals surface area contributed by atoms with E-state index in [1.165, 1.54) is 0 Å². The summed E-state index contributed by atoms with van der Waals surface area (Å²) in [6.07, 6.45) is 5.65. The zero-order valence-electron chi connectivity index (χ0n) is 11.5. The number of rotatable bonds is 2. The molecule has 0 N–H and O–H groups in total. The van der Waals surface area contributed by atoms with Crippen molar-refractivity contribution in [1.29, 1.82) is 0 Å². The Morgan fingerprint density at radius 2 is 1.76 bits per heavy atom. The summed E-state index contributed by atoms with van der Waals surface area (Å²) in [4.78, 5) is 8.98. The number of imidazole rings is 1. The van der Waals surface area contributed by atoms with Crippen LogP contribution in [-0.2, 0) is 0 Å². The number of hydrogen-bond acceptors (Lipinski definition) is 3. The maximum atomic E-state index is 5.40. The molecule has 0 aliphatic rings. The van der Waals surface area contributed by atoms with E-state index in [1.54, 1.807) is 6.26 Å². The van der Waals surface area contributed by atoms with Gasteiger partial charge in [-0.05, 0) is 25.1 Å². The molecule has 102 valence electrons. The lowest BCUT2D eigenvalue weighted by Gasteiger charge is -1.99. The topological polar surface area (TPSA) is 43.3 Å². The van der Waals surface area contributed by atoms with Gasteiger partial charge in [0.1, 0.15) is 5.76 Å². The highest BCUT2D eigenvalue weighted by Crippen LogP contribution is 2.24.